The van der Waals surface area contributed by atoms with Gasteiger partial charge in [-0.15, -0.1) is 0 Å². The van der Waals surface area contributed by atoms with Crippen LogP contribution in [0.5, 0.6) is 0 Å². The van der Waals surface area contributed by atoms with Crippen LogP contribution in [-0.2, 0) is 15.4 Å². The molecule has 21 heavy (non-hydrogen) atoms. The monoisotopic (exact) mass is 315 g/mol. The normalized spacial score (nSPS) is 15.8. The summed E-state index contributed by atoms with van der Waals surface area (Å²) in [5.41, 5.74) is -0.0847. The van der Waals surface area contributed by atoms with Crippen LogP contribution in [0.1, 0.15) is 38.8 Å². The highest BCUT2D eigenvalue weighted by atomic mass is 32.2. The van der Waals surface area contributed by atoms with Crippen molar-refractivity contribution >= 4 is 10.0 Å². The zero-order valence-electron chi connectivity index (χ0n) is 13.3. The third-order valence-corrected chi connectivity index (χ3v) is 4.87. The molecule has 0 aromatic heterocycles. The van der Waals surface area contributed by atoms with E-state index in [9.17, 15) is 13.5 Å². The summed E-state index contributed by atoms with van der Waals surface area (Å²) in [6, 6.07) is 5.35. The molecule has 1 aromatic carbocycles. The predicted molar refractivity (Wildman–Crippen MR) is 82.8 cm³/mol. The van der Waals surface area contributed by atoms with Crippen LogP contribution >= 0.6 is 0 Å². The molecule has 0 saturated heterocycles. The Labute approximate surface area is 127 Å². The summed E-state index contributed by atoms with van der Waals surface area (Å²) >= 11 is 0. The van der Waals surface area contributed by atoms with Crippen molar-refractivity contribution in [1.29, 1.82) is 0 Å². The van der Waals surface area contributed by atoms with Crippen molar-refractivity contribution in [2.45, 2.75) is 50.5 Å². The fourth-order valence-corrected chi connectivity index (χ4v) is 3.17. The summed E-state index contributed by atoms with van der Waals surface area (Å²) in [5.74, 6) is 0. The van der Waals surface area contributed by atoms with Crippen LogP contribution in [0, 0.1) is 6.92 Å². The first-order chi connectivity index (χ1) is 9.39. The topological polar surface area (TPSA) is 86.6 Å². The van der Waals surface area contributed by atoms with E-state index >= 15 is 0 Å². The second-order valence-corrected chi connectivity index (χ2v) is 8.45. The number of sulfonamides is 1. The van der Waals surface area contributed by atoms with Crippen LogP contribution < -0.4 is 4.72 Å². The average molecular weight is 315 g/mol. The van der Waals surface area contributed by atoms with Gasteiger partial charge < -0.3 is 10.2 Å². The van der Waals surface area contributed by atoms with E-state index in [0.29, 0.717) is 5.56 Å². The Morgan fingerprint density at radius 3 is 2.24 bits per heavy atom. The highest BCUT2D eigenvalue weighted by molar-refractivity contribution is 7.89. The minimum absolute atomic E-state index is 0.158. The van der Waals surface area contributed by atoms with Crippen molar-refractivity contribution in [3.05, 3.63) is 29.3 Å². The molecule has 1 unspecified atom stereocenters. The molecule has 0 aliphatic heterocycles. The first-order valence-electron chi connectivity index (χ1n) is 6.83. The maximum Gasteiger partial charge on any atom is 0.240 e. The van der Waals surface area contributed by atoms with Gasteiger partial charge in [0.05, 0.1) is 17.1 Å². The van der Waals surface area contributed by atoms with E-state index in [1.807, 2.05) is 26.8 Å². The zero-order chi connectivity index (χ0) is 16.5. The number of rotatable bonds is 5. The van der Waals surface area contributed by atoms with Gasteiger partial charge in [0.25, 0.3) is 0 Å². The number of aryl methyl sites for hydroxylation is 1. The third-order valence-electron chi connectivity index (χ3n) is 3.33. The second kappa shape index (κ2) is 6.04. The summed E-state index contributed by atoms with van der Waals surface area (Å²) in [6.45, 7) is 8.37. The minimum atomic E-state index is -3.74. The van der Waals surface area contributed by atoms with Crippen molar-refractivity contribution in [3.8, 4) is 0 Å². The number of benzene rings is 1. The van der Waals surface area contributed by atoms with Crippen molar-refractivity contribution in [3.63, 3.8) is 0 Å². The molecule has 0 bridgehead atoms. The Bertz CT molecular complexity index is 601. The largest absolute Gasteiger partial charge is 0.393 e. The van der Waals surface area contributed by atoms with Gasteiger partial charge in [0, 0.05) is 6.54 Å². The standard InChI is InChI=1S/C15H25NO4S/c1-11-6-7-12(14(2,3)4)8-13(11)21(19,20)16-9-15(5,18)10-17/h6-8,16-18H,9-10H2,1-5H3. The summed E-state index contributed by atoms with van der Waals surface area (Å²) < 4.78 is 27.1. The van der Waals surface area contributed by atoms with Crippen molar-refractivity contribution in [2.24, 2.45) is 0 Å². The number of aliphatic hydroxyl groups excluding tert-OH is 1. The highest BCUT2D eigenvalue weighted by Crippen LogP contribution is 2.26. The molecule has 0 spiro atoms. The van der Waals surface area contributed by atoms with E-state index in [2.05, 4.69) is 4.72 Å². The Hall–Kier alpha value is -0.950. The van der Waals surface area contributed by atoms with Gasteiger partial charge in [0.2, 0.25) is 10.0 Å². The van der Waals surface area contributed by atoms with Gasteiger partial charge in [0.1, 0.15) is 0 Å². The molecule has 0 aliphatic carbocycles. The molecule has 1 rings (SSSR count). The number of aliphatic hydroxyl groups is 2. The zero-order valence-corrected chi connectivity index (χ0v) is 14.1. The lowest BCUT2D eigenvalue weighted by Gasteiger charge is -2.23. The number of nitrogens with one attached hydrogen (secondary N) is 1. The molecular formula is C15H25NO4S. The molecule has 0 amide bonds. The van der Waals surface area contributed by atoms with Crippen molar-refractivity contribution in [2.75, 3.05) is 13.2 Å². The van der Waals surface area contributed by atoms with Gasteiger partial charge in [0.15, 0.2) is 0 Å². The molecule has 1 aromatic rings. The summed E-state index contributed by atoms with van der Waals surface area (Å²) in [6.07, 6.45) is 0. The molecule has 0 heterocycles. The lowest BCUT2D eigenvalue weighted by Crippen LogP contribution is -2.43. The third kappa shape index (κ3) is 4.78. The van der Waals surface area contributed by atoms with Crippen LogP contribution in [0.4, 0.5) is 0 Å². The van der Waals surface area contributed by atoms with Crippen LogP contribution in [0.15, 0.2) is 23.1 Å². The molecule has 6 heteroatoms. The lowest BCUT2D eigenvalue weighted by atomic mass is 9.87. The van der Waals surface area contributed by atoms with Gasteiger partial charge in [-0.2, -0.15) is 0 Å². The summed E-state index contributed by atoms with van der Waals surface area (Å²) in [5, 5.41) is 18.7. The van der Waals surface area contributed by atoms with E-state index in [0.717, 1.165) is 5.56 Å². The molecule has 0 fully saturated rings. The van der Waals surface area contributed by atoms with Gasteiger partial charge in [-0.05, 0) is 36.5 Å². The fourth-order valence-electron chi connectivity index (χ4n) is 1.74. The molecular weight excluding hydrogens is 290 g/mol. The second-order valence-electron chi connectivity index (χ2n) is 6.71. The maximum absolute atomic E-state index is 12.4. The average Bonchev–Trinajstić information content (AvgIpc) is 2.35. The Kier molecular flexibility index (Phi) is 5.21. The van der Waals surface area contributed by atoms with Gasteiger partial charge in [-0.1, -0.05) is 32.9 Å². The van der Waals surface area contributed by atoms with Crippen LogP contribution in [0.2, 0.25) is 0 Å². The van der Waals surface area contributed by atoms with E-state index in [1.165, 1.54) is 6.92 Å². The Balaban J connectivity index is 3.14. The van der Waals surface area contributed by atoms with E-state index in [-0.39, 0.29) is 16.9 Å². The van der Waals surface area contributed by atoms with Crippen LogP contribution in [-0.4, -0.2) is 37.4 Å². The quantitative estimate of drug-likeness (QED) is 0.765. The SMILES string of the molecule is Cc1ccc(C(C)(C)C)cc1S(=O)(=O)NCC(C)(O)CO. The van der Waals surface area contributed by atoms with Gasteiger partial charge in [-0.25, -0.2) is 13.1 Å². The molecule has 1 atom stereocenters. The first-order valence-corrected chi connectivity index (χ1v) is 8.31. The van der Waals surface area contributed by atoms with Crippen molar-refractivity contribution in [1.82, 2.24) is 4.72 Å². The van der Waals surface area contributed by atoms with Gasteiger partial charge in [-0.3, -0.25) is 0 Å². The number of hydrogen-bond acceptors (Lipinski definition) is 4. The highest BCUT2D eigenvalue weighted by Gasteiger charge is 2.25. The Morgan fingerprint density at radius 1 is 1.19 bits per heavy atom. The van der Waals surface area contributed by atoms with E-state index in [1.54, 1.807) is 19.1 Å². The first kappa shape index (κ1) is 18.1. The predicted octanol–water partition coefficient (Wildman–Crippen LogP) is 1.31. The Morgan fingerprint density at radius 2 is 1.76 bits per heavy atom. The smallest absolute Gasteiger partial charge is 0.240 e. The molecule has 0 saturated carbocycles. The molecule has 0 radical (unpaired) electrons. The lowest BCUT2D eigenvalue weighted by molar-refractivity contribution is 0.00681. The summed E-state index contributed by atoms with van der Waals surface area (Å²) in [4.78, 5) is 0.198. The molecule has 120 valence electrons. The van der Waals surface area contributed by atoms with Crippen LogP contribution in [0.3, 0.4) is 0 Å². The maximum atomic E-state index is 12.4. The molecule has 5 nitrogen and oxygen atoms in total. The molecule has 0 aliphatic rings. The minimum Gasteiger partial charge on any atom is -0.393 e. The van der Waals surface area contributed by atoms with E-state index in [4.69, 9.17) is 5.11 Å². The van der Waals surface area contributed by atoms with Crippen LogP contribution in [0.25, 0.3) is 0 Å². The van der Waals surface area contributed by atoms with E-state index < -0.39 is 22.2 Å². The van der Waals surface area contributed by atoms with Crippen molar-refractivity contribution < 1.29 is 18.6 Å². The number of hydrogen-bond donors (Lipinski definition) is 3. The molecule has 3 N–H and O–H groups in total. The summed E-state index contributed by atoms with van der Waals surface area (Å²) in [7, 11) is -3.74. The fraction of sp³-hybridized carbons (Fsp3) is 0.600. The van der Waals surface area contributed by atoms with Gasteiger partial charge >= 0.3 is 0 Å².